The van der Waals surface area contributed by atoms with Gasteiger partial charge in [0.1, 0.15) is 36.3 Å². The largest absolute Gasteiger partial charge is 0.481 e. The normalized spacial score (nSPS) is 21.6. The number of hydrogen-bond acceptors (Lipinski definition) is 18. The summed E-state index contributed by atoms with van der Waals surface area (Å²) in [4.78, 5) is 87.6. The average Bonchev–Trinajstić information content (AvgIpc) is 3.68. The van der Waals surface area contributed by atoms with Crippen LogP contribution in [0.5, 0.6) is 0 Å². The molecule has 0 spiro atoms. The molecule has 3 heterocycles. The van der Waals surface area contributed by atoms with Crippen molar-refractivity contribution in [1.29, 1.82) is 0 Å². The summed E-state index contributed by atoms with van der Waals surface area (Å²) >= 11 is 1.11. The molecule has 3 rings (SSSR count). The highest BCUT2D eigenvalue weighted by Gasteiger charge is 2.50. The summed E-state index contributed by atoms with van der Waals surface area (Å²) in [6.07, 6.45) is 0.0876. The first kappa shape index (κ1) is 48.7. The number of rotatable bonds is 24. The van der Waals surface area contributed by atoms with Crippen molar-refractivity contribution in [1.82, 2.24) is 30.2 Å². The molecule has 2 amide bonds. The van der Waals surface area contributed by atoms with Crippen LogP contribution in [-0.4, -0.2) is 123 Å². The minimum atomic E-state index is -5.57. The Morgan fingerprint density at radius 2 is 1.75 bits per heavy atom. The molecule has 0 saturated carbocycles. The number of imidazole rings is 1. The Bertz CT molecular complexity index is 1860. The molecule has 1 saturated heterocycles. The standard InChI is InChI=1S/C29H48N7O17P3S/c1-4-5-6-7-8-9-20(38)57-13-12-31-19(37)10-11-32-27(41)24(40)29(2,3)15-50-56(47,48)53-55(45,46)49-14-18-23(52-54(42,43)44)22(39)28(51-18)36-17-35-21-25(30)33-16-34-26(21)36/h5-6,16-18,22-24,28,39-40H,4,7-15H2,1-3H3,(H,31,37)(H,32,41)(H,45,46)(H,47,48)(H2,30,33,34)(H2,42,43,44)/b6-5-/t18-,22-,23-,24+,28-/m1/s1. The van der Waals surface area contributed by atoms with Crippen LogP contribution in [-0.2, 0) is 50.7 Å². The van der Waals surface area contributed by atoms with Crippen LogP contribution in [0.4, 0.5) is 5.82 Å². The highest BCUT2D eigenvalue weighted by Crippen LogP contribution is 2.61. The van der Waals surface area contributed by atoms with Crippen LogP contribution in [0.25, 0.3) is 11.2 Å². The SMILES string of the molecule is CC/C=C\CCCC(=O)SCCNC(=O)CCNC(=O)[C@H](O)C(C)(C)COP(=O)(O)OP(=O)(O)OC[C@H]1O[C@@H](n2cnc3c(N)ncnc32)[C@H](O)[C@@H]1OP(=O)(O)O. The van der Waals surface area contributed by atoms with Gasteiger partial charge >= 0.3 is 23.5 Å². The smallest absolute Gasteiger partial charge is 0.386 e. The molecule has 1 fully saturated rings. The van der Waals surface area contributed by atoms with Crippen molar-refractivity contribution in [3.8, 4) is 0 Å². The van der Waals surface area contributed by atoms with E-state index in [0.29, 0.717) is 12.2 Å². The van der Waals surface area contributed by atoms with Crippen LogP contribution in [0, 0.1) is 5.41 Å². The van der Waals surface area contributed by atoms with E-state index in [4.69, 9.17) is 19.5 Å². The Morgan fingerprint density at radius 1 is 1.05 bits per heavy atom. The third kappa shape index (κ3) is 15.8. The lowest BCUT2D eigenvalue weighted by atomic mass is 9.87. The van der Waals surface area contributed by atoms with Crippen molar-refractivity contribution in [2.24, 2.45) is 5.41 Å². The first-order valence-corrected chi connectivity index (χ1v) is 22.8. The van der Waals surface area contributed by atoms with Crippen LogP contribution in [0.2, 0.25) is 0 Å². The zero-order valence-electron chi connectivity index (χ0n) is 31.1. The van der Waals surface area contributed by atoms with Gasteiger partial charge in [0.15, 0.2) is 22.8 Å². The Kier molecular flexibility index (Phi) is 18.4. The molecule has 57 heavy (non-hydrogen) atoms. The number of aromatic nitrogens is 4. The summed E-state index contributed by atoms with van der Waals surface area (Å²) in [7, 11) is -16.4. The fraction of sp³-hybridized carbons (Fsp3) is 0.655. The van der Waals surface area contributed by atoms with Crippen LogP contribution >= 0.6 is 35.2 Å². The number of carbonyl (C=O) groups is 3. The molecule has 2 aromatic rings. The first-order valence-electron chi connectivity index (χ1n) is 17.3. The van der Waals surface area contributed by atoms with E-state index in [9.17, 15) is 57.9 Å². The van der Waals surface area contributed by atoms with Crippen LogP contribution in [0.3, 0.4) is 0 Å². The van der Waals surface area contributed by atoms with Crippen molar-refractivity contribution in [3.63, 3.8) is 0 Å². The number of amides is 2. The molecule has 0 aliphatic carbocycles. The molecule has 2 unspecified atom stereocenters. The number of ether oxygens (including phenoxy) is 1. The third-order valence-electron chi connectivity index (χ3n) is 7.92. The van der Waals surface area contributed by atoms with E-state index in [-0.39, 0.29) is 41.6 Å². The molecule has 10 N–H and O–H groups in total. The second kappa shape index (κ2) is 21.5. The van der Waals surface area contributed by atoms with Crippen molar-refractivity contribution in [2.75, 3.05) is 37.8 Å². The second-order valence-electron chi connectivity index (χ2n) is 13.1. The molecular formula is C29H48N7O17P3S. The van der Waals surface area contributed by atoms with Crippen LogP contribution in [0.15, 0.2) is 24.8 Å². The van der Waals surface area contributed by atoms with Gasteiger partial charge < -0.3 is 50.9 Å². The number of unbranched alkanes of at least 4 members (excludes halogenated alkanes) is 1. The molecular weight excluding hydrogens is 843 g/mol. The Hall–Kier alpha value is -2.70. The van der Waals surface area contributed by atoms with Crippen LogP contribution in [0.1, 0.15) is 59.1 Å². The number of aliphatic hydroxyl groups is 2. The first-order chi connectivity index (χ1) is 26.6. The lowest BCUT2D eigenvalue weighted by Crippen LogP contribution is -2.46. The van der Waals surface area contributed by atoms with Gasteiger partial charge in [-0.15, -0.1) is 0 Å². The van der Waals surface area contributed by atoms with Gasteiger partial charge in [-0.25, -0.2) is 28.6 Å². The summed E-state index contributed by atoms with van der Waals surface area (Å²) in [5, 5.41) is 26.4. The molecule has 322 valence electrons. The van der Waals surface area contributed by atoms with Crippen molar-refractivity contribution >= 4 is 69.1 Å². The predicted molar refractivity (Wildman–Crippen MR) is 200 cm³/mol. The number of phosphoric ester groups is 3. The summed E-state index contributed by atoms with van der Waals surface area (Å²) in [5.41, 5.74) is 4.27. The number of nitrogens with two attached hydrogens (primary N) is 1. The number of phosphoric acid groups is 3. The second-order valence-corrected chi connectivity index (χ2v) is 18.4. The van der Waals surface area contributed by atoms with E-state index in [1.807, 2.05) is 19.1 Å². The topological polar surface area (TPSA) is 364 Å². The molecule has 1 aliphatic rings. The van der Waals surface area contributed by atoms with Gasteiger partial charge in [0.05, 0.1) is 19.5 Å². The summed E-state index contributed by atoms with van der Waals surface area (Å²) in [6.45, 7) is 2.55. The number of anilines is 1. The summed E-state index contributed by atoms with van der Waals surface area (Å²) in [6, 6.07) is 0. The van der Waals surface area contributed by atoms with E-state index in [2.05, 4.69) is 34.4 Å². The number of nitrogen functional groups attached to an aromatic ring is 1. The van der Waals surface area contributed by atoms with Gasteiger partial charge in [0, 0.05) is 37.1 Å². The molecule has 0 radical (unpaired) electrons. The van der Waals surface area contributed by atoms with Crippen molar-refractivity contribution < 1.29 is 80.5 Å². The van der Waals surface area contributed by atoms with Crippen molar-refractivity contribution in [2.45, 2.75) is 83.5 Å². The van der Waals surface area contributed by atoms with E-state index < -0.39 is 84.6 Å². The van der Waals surface area contributed by atoms with Gasteiger partial charge in [-0.05, 0) is 19.3 Å². The minimum absolute atomic E-state index is 0.0195. The van der Waals surface area contributed by atoms with E-state index in [1.54, 1.807) is 0 Å². The Labute approximate surface area is 330 Å². The molecule has 28 heteroatoms. The molecule has 0 aromatic carbocycles. The lowest BCUT2D eigenvalue weighted by Gasteiger charge is -2.30. The molecule has 7 atom stereocenters. The number of fused-ring (bicyclic) bond motifs is 1. The number of nitrogens with zero attached hydrogens (tertiary/aromatic N) is 4. The van der Waals surface area contributed by atoms with Crippen LogP contribution < -0.4 is 16.4 Å². The monoisotopic (exact) mass is 891 g/mol. The van der Waals surface area contributed by atoms with Gasteiger partial charge in [0.2, 0.25) is 11.8 Å². The number of allylic oxidation sites excluding steroid dienone is 2. The average molecular weight is 892 g/mol. The number of carbonyl (C=O) groups excluding carboxylic acids is 3. The molecule has 2 aromatic heterocycles. The Morgan fingerprint density at radius 3 is 2.44 bits per heavy atom. The lowest BCUT2D eigenvalue weighted by molar-refractivity contribution is -0.137. The maximum atomic E-state index is 12.7. The summed E-state index contributed by atoms with van der Waals surface area (Å²) < 4.78 is 62.1. The number of thioether (sulfide) groups is 1. The number of hydrogen-bond donors (Lipinski definition) is 9. The van der Waals surface area contributed by atoms with E-state index >= 15 is 0 Å². The molecule has 24 nitrogen and oxygen atoms in total. The van der Waals surface area contributed by atoms with Gasteiger partial charge in [-0.3, -0.25) is 32.5 Å². The van der Waals surface area contributed by atoms with E-state index in [1.165, 1.54) is 13.8 Å². The van der Waals surface area contributed by atoms with Gasteiger partial charge in [-0.2, -0.15) is 4.31 Å². The Balaban J connectivity index is 1.46. The van der Waals surface area contributed by atoms with E-state index in [0.717, 1.165) is 48.2 Å². The molecule has 0 bridgehead atoms. The molecule has 1 aliphatic heterocycles. The fourth-order valence-corrected chi connectivity index (χ4v) is 8.57. The highest BCUT2D eigenvalue weighted by atomic mass is 32.2. The predicted octanol–water partition coefficient (Wildman–Crippen LogP) is 0.801. The minimum Gasteiger partial charge on any atom is -0.386 e. The van der Waals surface area contributed by atoms with Gasteiger partial charge in [-0.1, -0.05) is 44.7 Å². The fourth-order valence-electron chi connectivity index (χ4n) is 5.02. The zero-order valence-corrected chi connectivity index (χ0v) is 34.6. The number of aliphatic hydroxyl groups excluding tert-OH is 2. The zero-order chi connectivity index (χ0) is 42.6. The third-order valence-corrected chi connectivity index (χ3v) is 12.0. The number of nitrogens with one attached hydrogen (secondary N) is 2. The quantitative estimate of drug-likeness (QED) is 0.0400. The maximum Gasteiger partial charge on any atom is 0.481 e. The maximum absolute atomic E-state index is 12.7. The highest BCUT2D eigenvalue weighted by molar-refractivity contribution is 8.13. The summed E-state index contributed by atoms with van der Waals surface area (Å²) in [5.74, 6) is -1.07. The van der Waals surface area contributed by atoms with Crippen molar-refractivity contribution in [3.05, 3.63) is 24.8 Å². The van der Waals surface area contributed by atoms with Gasteiger partial charge in [0.25, 0.3) is 0 Å².